The van der Waals surface area contributed by atoms with Gasteiger partial charge in [0, 0.05) is 38.2 Å². The molecule has 0 amide bonds. The van der Waals surface area contributed by atoms with E-state index in [9.17, 15) is 0 Å². The van der Waals surface area contributed by atoms with E-state index < -0.39 is 0 Å². The fourth-order valence-electron chi connectivity index (χ4n) is 2.88. The minimum atomic E-state index is 0.496. The van der Waals surface area contributed by atoms with Crippen LogP contribution in [0, 0.1) is 6.92 Å². The Labute approximate surface area is 114 Å². The lowest BCUT2D eigenvalue weighted by Crippen LogP contribution is -2.23. The molecule has 4 nitrogen and oxygen atoms in total. The van der Waals surface area contributed by atoms with Gasteiger partial charge in [0.05, 0.1) is 5.69 Å². The topological polar surface area (TPSA) is 34.0 Å². The number of pyridine rings is 1. The van der Waals surface area contributed by atoms with Crippen LogP contribution in [0.4, 0.5) is 0 Å². The van der Waals surface area contributed by atoms with E-state index in [1.54, 1.807) is 0 Å². The molecule has 0 spiro atoms. The van der Waals surface area contributed by atoms with Crippen LogP contribution in [-0.4, -0.2) is 26.0 Å². The molecule has 0 bridgehead atoms. The summed E-state index contributed by atoms with van der Waals surface area (Å²) in [7, 11) is 2.05. The zero-order valence-corrected chi connectivity index (χ0v) is 11.6. The highest BCUT2D eigenvalue weighted by atomic mass is 15.2. The van der Waals surface area contributed by atoms with Gasteiger partial charge >= 0.3 is 0 Å². The fraction of sp³-hybridized carbons (Fsp3) is 0.467. The first-order valence-electron chi connectivity index (χ1n) is 6.87. The second-order valence-electron chi connectivity index (χ2n) is 5.31. The van der Waals surface area contributed by atoms with Crippen LogP contribution in [0.2, 0.25) is 0 Å². The molecule has 3 rings (SSSR count). The molecule has 1 aliphatic heterocycles. The van der Waals surface area contributed by atoms with Crippen molar-refractivity contribution in [3.05, 3.63) is 47.8 Å². The average molecular weight is 256 g/mol. The van der Waals surface area contributed by atoms with Crippen molar-refractivity contribution in [1.82, 2.24) is 19.4 Å². The van der Waals surface area contributed by atoms with Gasteiger partial charge in [-0.1, -0.05) is 6.07 Å². The van der Waals surface area contributed by atoms with E-state index in [0.29, 0.717) is 6.04 Å². The van der Waals surface area contributed by atoms with Gasteiger partial charge in [-0.3, -0.25) is 9.88 Å². The third-order valence-corrected chi connectivity index (χ3v) is 3.96. The summed E-state index contributed by atoms with van der Waals surface area (Å²) in [6, 6.07) is 4.70. The van der Waals surface area contributed by atoms with Gasteiger partial charge in [-0.15, -0.1) is 0 Å². The third kappa shape index (κ3) is 2.54. The number of nitrogens with zero attached hydrogens (tertiary/aromatic N) is 4. The highest BCUT2D eigenvalue weighted by Crippen LogP contribution is 2.32. The van der Waals surface area contributed by atoms with Gasteiger partial charge in [-0.25, -0.2) is 4.98 Å². The van der Waals surface area contributed by atoms with E-state index in [4.69, 9.17) is 0 Å². The Morgan fingerprint density at radius 1 is 1.42 bits per heavy atom. The fourth-order valence-corrected chi connectivity index (χ4v) is 2.88. The molecule has 0 aliphatic carbocycles. The van der Waals surface area contributed by atoms with E-state index in [-0.39, 0.29) is 0 Å². The lowest BCUT2D eigenvalue weighted by molar-refractivity contribution is 0.245. The van der Waals surface area contributed by atoms with Crippen LogP contribution < -0.4 is 0 Å². The summed E-state index contributed by atoms with van der Waals surface area (Å²) < 4.78 is 2.09. The Bertz CT molecular complexity index is 527. The van der Waals surface area contributed by atoms with Crippen molar-refractivity contribution in [2.75, 3.05) is 6.54 Å². The molecule has 0 N–H and O–H groups in total. The minimum Gasteiger partial charge on any atom is -0.338 e. The van der Waals surface area contributed by atoms with Crippen LogP contribution in [0.1, 0.15) is 36.0 Å². The van der Waals surface area contributed by atoms with Gasteiger partial charge < -0.3 is 4.57 Å². The molecule has 2 aromatic heterocycles. The number of aromatic nitrogens is 3. The summed E-state index contributed by atoms with van der Waals surface area (Å²) in [5.74, 6) is 1.08. The Balaban J connectivity index is 1.77. The zero-order valence-electron chi connectivity index (χ0n) is 11.6. The second-order valence-corrected chi connectivity index (χ2v) is 5.31. The molecule has 4 heteroatoms. The molecule has 1 fully saturated rings. The molecule has 0 radical (unpaired) electrons. The van der Waals surface area contributed by atoms with Gasteiger partial charge in [0.2, 0.25) is 0 Å². The summed E-state index contributed by atoms with van der Waals surface area (Å²) in [4.78, 5) is 11.4. The van der Waals surface area contributed by atoms with E-state index >= 15 is 0 Å². The van der Waals surface area contributed by atoms with Gasteiger partial charge in [0.15, 0.2) is 0 Å². The SMILES string of the molecule is Cc1nc(CN2CCCC2c2cccnc2)cn1C. The molecule has 1 atom stereocenters. The Morgan fingerprint density at radius 2 is 2.32 bits per heavy atom. The van der Waals surface area contributed by atoms with Gasteiger partial charge in [0.25, 0.3) is 0 Å². The maximum absolute atomic E-state index is 4.61. The van der Waals surface area contributed by atoms with Crippen LogP contribution in [0.3, 0.4) is 0 Å². The van der Waals surface area contributed by atoms with Gasteiger partial charge in [0.1, 0.15) is 5.82 Å². The maximum atomic E-state index is 4.61. The normalized spacial score (nSPS) is 20.0. The standard InChI is InChI=1S/C15H20N4/c1-12-17-14(10-18(12)2)11-19-8-4-6-15(19)13-5-3-7-16-9-13/h3,5,7,9-10,15H,4,6,8,11H2,1-2H3. The Morgan fingerprint density at radius 3 is 3.00 bits per heavy atom. The number of rotatable bonds is 3. The molecule has 0 saturated carbocycles. The lowest BCUT2D eigenvalue weighted by atomic mass is 10.1. The largest absolute Gasteiger partial charge is 0.338 e. The number of imidazole rings is 1. The van der Waals surface area contributed by atoms with Crippen LogP contribution >= 0.6 is 0 Å². The van der Waals surface area contributed by atoms with Crippen LogP contribution in [0.15, 0.2) is 30.7 Å². The highest BCUT2D eigenvalue weighted by Gasteiger charge is 2.26. The lowest BCUT2D eigenvalue weighted by Gasteiger charge is -2.23. The molecule has 3 heterocycles. The van der Waals surface area contributed by atoms with Crippen molar-refractivity contribution in [3.63, 3.8) is 0 Å². The van der Waals surface area contributed by atoms with E-state index in [1.165, 1.54) is 18.4 Å². The van der Waals surface area contributed by atoms with Crippen LogP contribution in [0.25, 0.3) is 0 Å². The third-order valence-electron chi connectivity index (χ3n) is 3.96. The zero-order chi connectivity index (χ0) is 13.2. The van der Waals surface area contributed by atoms with E-state index in [0.717, 1.165) is 24.6 Å². The Kier molecular flexibility index (Phi) is 3.34. The monoisotopic (exact) mass is 256 g/mol. The summed E-state index contributed by atoms with van der Waals surface area (Å²) in [5, 5.41) is 0. The highest BCUT2D eigenvalue weighted by molar-refractivity contribution is 5.16. The number of likely N-dealkylation sites (tertiary alicyclic amines) is 1. The van der Waals surface area contributed by atoms with E-state index in [2.05, 4.69) is 38.7 Å². The minimum absolute atomic E-state index is 0.496. The van der Waals surface area contributed by atoms with Crippen molar-refractivity contribution in [2.45, 2.75) is 32.4 Å². The second kappa shape index (κ2) is 5.13. The Hall–Kier alpha value is -1.68. The summed E-state index contributed by atoms with van der Waals surface area (Å²) in [5.41, 5.74) is 2.49. The molecule has 1 saturated heterocycles. The molecule has 0 aromatic carbocycles. The number of aryl methyl sites for hydroxylation is 2. The molecular weight excluding hydrogens is 236 g/mol. The van der Waals surface area contributed by atoms with Crippen molar-refractivity contribution in [2.24, 2.45) is 7.05 Å². The predicted molar refractivity (Wildman–Crippen MR) is 74.6 cm³/mol. The quantitative estimate of drug-likeness (QED) is 0.846. The van der Waals surface area contributed by atoms with Crippen molar-refractivity contribution in [1.29, 1.82) is 0 Å². The number of hydrogen-bond acceptors (Lipinski definition) is 3. The van der Waals surface area contributed by atoms with Crippen LogP contribution in [-0.2, 0) is 13.6 Å². The maximum Gasteiger partial charge on any atom is 0.105 e. The molecule has 1 aliphatic rings. The molecule has 19 heavy (non-hydrogen) atoms. The summed E-state index contributed by atoms with van der Waals surface area (Å²) in [6.07, 6.45) is 8.44. The van der Waals surface area contributed by atoms with Crippen LogP contribution in [0.5, 0.6) is 0 Å². The van der Waals surface area contributed by atoms with Crippen molar-refractivity contribution >= 4 is 0 Å². The summed E-state index contributed by atoms with van der Waals surface area (Å²) in [6.45, 7) is 4.13. The molecular formula is C15H20N4. The van der Waals surface area contributed by atoms with Crippen molar-refractivity contribution < 1.29 is 0 Å². The van der Waals surface area contributed by atoms with Gasteiger partial charge in [-0.05, 0) is 37.9 Å². The smallest absolute Gasteiger partial charge is 0.105 e. The first-order valence-corrected chi connectivity index (χ1v) is 6.87. The predicted octanol–water partition coefficient (Wildman–Crippen LogP) is 2.46. The summed E-state index contributed by atoms with van der Waals surface area (Å²) >= 11 is 0. The molecule has 1 unspecified atom stereocenters. The average Bonchev–Trinajstić information content (AvgIpc) is 2.99. The molecule has 100 valence electrons. The van der Waals surface area contributed by atoms with Gasteiger partial charge in [-0.2, -0.15) is 0 Å². The molecule has 2 aromatic rings. The first kappa shape index (κ1) is 12.4. The van der Waals surface area contributed by atoms with Crippen molar-refractivity contribution in [3.8, 4) is 0 Å². The first-order chi connectivity index (χ1) is 9.24. The van der Waals surface area contributed by atoms with E-state index in [1.807, 2.05) is 25.4 Å². The number of hydrogen-bond donors (Lipinski definition) is 0.